The van der Waals surface area contributed by atoms with Crippen molar-refractivity contribution >= 4 is 0 Å². The van der Waals surface area contributed by atoms with Gasteiger partial charge >= 0.3 is 6.18 Å². The highest BCUT2D eigenvalue weighted by Crippen LogP contribution is 2.36. The molecule has 0 radical (unpaired) electrons. The number of alkyl halides is 3. The minimum atomic E-state index is -4.27. The van der Waals surface area contributed by atoms with E-state index in [2.05, 4.69) is 17.4 Å². The fourth-order valence-electron chi connectivity index (χ4n) is 3.32. The van der Waals surface area contributed by atoms with Gasteiger partial charge in [-0.3, -0.25) is 0 Å². The van der Waals surface area contributed by atoms with Crippen molar-refractivity contribution in [1.29, 1.82) is 0 Å². The summed E-state index contributed by atoms with van der Waals surface area (Å²) in [5, 5.41) is 3.34. The molecule has 116 valence electrons. The van der Waals surface area contributed by atoms with Crippen LogP contribution in [0.15, 0.2) is 48.5 Å². The molecule has 0 aliphatic heterocycles. The zero-order valence-corrected chi connectivity index (χ0v) is 12.3. The number of hydrogen-bond donors (Lipinski definition) is 1. The molecule has 1 N–H and O–H groups in total. The lowest BCUT2D eigenvalue weighted by atomic mass is 9.90. The third-order valence-corrected chi connectivity index (χ3v) is 4.49. The molecular formula is C18H18F3N. The Bertz CT molecular complexity index is 646. The molecule has 0 fully saturated rings. The van der Waals surface area contributed by atoms with E-state index in [4.69, 9.17) is 0 Å². The molecule has 0 unspecified atom stereocenters. The molecule has 1 nitrogen and oxygen atoms in total. The van der Waals surface area contributed by atoms with Crippen LogP contribution in [0.5, 0.6) is 0 Å². The molecule has 0 bridgehead atoms. The van der Waals surface area contributed by atoms with E-state index in [0.717, 1.165) is 18.4 Å². The molecule has 0 spiro atoms. The first-order valence-corrected chi connectivity index (χ1v) is 7.40. The normalized spacial score (nSPS) is 20.9. The largest absolute Gasteiger partial charge is 0.416 e. The van der Waals surface area contributed by atoms with Crippen LogP contribution in [-0.4, -0.2) is 13.1 Å². The van der Waals surface area contributed by atoms with E-state index in [-0.39, 0.29) is 0 Å². The van der Waals surface area contributed by atoms with E-state index in [9.17, 15) is 13.2 Å². The molecule has 2 atom stereocenters. The number of rotatable bonds is 3. The van der Waals surface area contributed by atoms with Crippen molar-refractivity contribution in [1.82, 2.24) is 5.32 Å². The average molecular weight is 305 g/mol. The molecule has 2 aromatic carbocycles. The zero-order chi connectivity index (χ0) is 15.7. The Morgan fingerprint density at radius 2 is 1.73 bits per heavy atom. The predicted octanol–water partition coefficient (Wildman–Crippen LogP) is 4.18. The minimum absolute atomic E-state index is 0.304. The highest BCUT2D eigenvalue weighted by molar-refractivity contribution is 5.39. The van der Waals surface area contributed by atoms with Crippen LogP contribution >= 0.6 is 0 Å². The van der Waals surface area contributed by atoms with E-state index >= 15 is 0 Å². The van der Waals surface area contributed by atoms with E-state index < -0.39 is 11.7 Å². The Kier molecular flexibility index (Phi) is 3.96. The van der Waals surface area contributed by atoms with Crippen molar-refractivity contribution in [3.63, 3.8) is 0 Å². The Hall–Kier alpha value is -1.81. The van der Waals surface area contributed by atoms with Gasteiger partial charge in [0.1, 0.15) is 0 Å². The highest BCUT2D eigenvalue weighted by Gasteiger charge is 2.32. The maximum absolute atomic E-state index is 12.6. The number of likely N-dealkylation sites (N-methyl/N-ethyl adjacent to an activating group) is 1. The van der Waals surface area contributed by atoms with Gasteiger partial charge in [-0.15, -0.1) is 0 Å². The third-order valence-electron chi connectivity index (χ3n) is 4.49. The lowest BCUT2D eigenvalue weighted by molar-refractivity contribution is -0.137. The molecule has 0 amide bonds. The van der Waals surface area contributed by atoms with Crippen LogP contribution in [-0.2, 0) is 19.0 Å². The van der Waals surface area contributed by atoms with Crippen LogP contribution in [0.1, 0.15) is 28.2 Å². The molecule has 0 heterocycles. The first-order valence-electron chi connectivity index (χ1n) is 7.40. The number of benzene rings is 2. The highest BCUT2D eigenvalue weighted by atomic mass is 19.4. The van der Waals surface area contributed by atoms with Gasteiger partial charge in [0.15, 0.2) is 0 Å². The van der Waals surface area contributed by atoms with Crippen molar-refractivity contribution in [3.05, 3.63) is 70.8 Å². The van der Waals surface area contributed by atoms with Crippen LogP contribution < -0.4 is 5.32 Å². The summed E-state index contributed by atoms with van der Waals surface area (Å²) in [4.78, 5) is 0. The number of nitrogens with one attached hydrogen (secondary N) is 1. The first kappa shape index (κ1) is 15.1. The fraction of sp³-hybridized carbons (Fsp3) is 0.333. The lowest BCUT2D eigenvalue weighted by Gasteiger charge is -2.20. The van der Waals surface area contributed by atoms with Gasteiger partial charge < -0.3 is 5.32 Å². The summed E-state index contributed by atoms with van der Waals surface area (Å²) in [5.41, 5.74) is 2.99. The van der Waals surface area contributed by atoms with Crippen molar-refractivity contribution in [2.45, 2.75) is 31.0 Å². The molecule has 22 heavy (non-hydrogen) atoms. The van der Waals surface area contributed by atoms with Crippen molar-refractivity contribution in [2.75, 3.05) is 7.05 Å². The second kappa shape index (κ2) is 5.76. The SMILES string of the molecule is CN[C@H]1Cc2ccccc2[C@H]1Cc1ccc(C(F)(F)F)cc1. The topological polar surface area (TPSA) is 12.0 Å². The van der Waals surface area contributed by atoms with Gasteiger partial charge in [0.25, 0.3) is 0 Å². The van der Waals surface area contributed by atoms with Gasteiger partial charge in [0, 0.05) is 12.0 Å². The average Bonchev–Trinajstić information content (AvgIpc) is 2.85. The molecule has 0 saturated heterocycles. The summed E-state index contributed by atoms with van der Waals surface area (Å²) < 4.78 is 37.9. The summed E-state index contributed by atoms with van der Waals surface area (Å²) in [5.74, 6) is 0.304. The molecule has 1 aliphatic rings. The fourth-order valence-corrected chi connectivity index (χ4v) is 3.32. The maximum atomic E-state index is 12.6. The minimum Gasteiger partial charge on any atom is -0.316 e. The first-order chi connectivity index (χ1) is 10.5. The van der Waals surface area contributed by atoms with Gasteiger partial charge in [0.05, 0.1) is 5.56 Å². The van der Waals surface area contributed by atoms with Crippen LogP contribution in [0, 0.1) is 0 Å². The second-order valence-electron chi connectivity index (χ2n) is 5.80. The maximum Gasteiger partial charge on any atom is 0.416 e. The lowest BCUT2D eigenvalue weighted by Crippen LogP contribution is -2.30. The predicted molar refractivity (Wildman–Crippen MR) is 80.9 cm³/mol. The Morgan fingerprint density at radius 3 is 2.36 bits per heavy atom. The summed E-state index contributed by atoms with van der Waals surface area (Å²) in [6.07, 6.45) is -2.55. The molecule has 4 heteroatoms. The summed E-state index contributed by atoms with van der Waals surface area (Å²) in [6.45, 7) is 0. The molecule has 1 aliphatic carbocycles. The number of halogens is 3. The zero-order valence-electron chi connectivity index (χ0n) is 12.3. The Morgan fingerprint density at radius 1 is 1.05 bits per heavy atom. The summed E-state index contributed by atoms with van der Waals surface area (Å²) >= 11 is 0. The second-order valence-corrected chi connectivity index (χ2v) is 5.80. The van der Waals surface area contributed by atoms with Crippen molar-refractivity contribution in [2.24, 2.45) is 0 Å². The molecule has 0 aromatic heterocycles. The summed E-state index contributed by atoms with van der Waals surface area (Å²) in [6, 6.07) is 14.2. The van der Waals surface area contributed by atoms with Crippen molar-refractivity contribution in [3.8, 4) is 0 Å². The van der Waals surface area contributed by atoms with E-state index in [1.807, 2.05) is 19.2 Å². The van der Waals surface area contributed by atoms with Crippen molar-refractivity contribution < 1.29 is 13.2 Å². The smallest absolute Gasteiger partial charge is 0.316 e. The van der Waals surface area contributed by atoms with Gasteiger partial charge in [-0.2, -0.15) is 13.2 Å². The monoisotopic (exact) mass is 305 g/mol. The van der Waals surface area contributed by atoms with Gasteiger partial charge in [-0.25, -0.2) is 0 Å². The molecular weight excluding hydrogens is 287 g/mol. The Labute approximate surface area is 128 Å². The van der Waals surface area contributed by atoms with Crippen LogP contribution in [0.3, 0.4) is 0 Å². The number of hydrogen-bond acceptors (Lipinski definition) is 1. The van der Waals surface area contributed by atoms with Gasteiger partial charge in [0.2, 0.25) is 0 Å². The van der Waals surface area contributed by atoms with Crippen LogP contribution in [0.2, 0.25) is 0 Å². The quantitative estimate of drug-likeness (QED) is 0.897. The van der Waals surface area contributed by atoms with Crippen LogP contribution in [0.25, 0.3) is 0 Å². The van der Waals surface area contributed by atoms with E-state index in [0.29, 0.717) is 12.0 Å². The van der Waals surface area contributed by atoms with Gasteiger partial charge in [-0.1, -0.05) is 36.4 Å². The molecule has 2 aromatic rings. The number of fused-ring (bicyclic) bond motifs is 1. The third kappa shape index (κ3) is 2.88. The Balaban J connectivity index is 1.83. The summed E-state index contributed by atoms with van der Waals surface area (Å²) in [7, 11) is 1.94. The van der Waals surface area contributed by atoms with E-state index in [1.165, 1.54) is 23.3 Å². The van der Waals surface area contributed by atoms with Gasteiger partial charge in [-0.05, 0) is 48.7 Å². The van der Waals surface area contributed by atoms with Crippen LogP contribution in [0.4, 0.5) is 13.2 Å². The molecule has 3 rings (SSSR count). The molecule has 0 saturated carbocycles. The van der Waals surface area contributed by atoms with E-state index in [1.54, 1.807) is 12.1 Å². The standard InChI is InChI=1S/C18H18F3N/c1-22-17-11-13-4-2-3-5-15(13)16(17)10-12-6-8-14(9-7-12)18(19,20)21/h2-9,16-17,22H,10-11H2,1H3/t16-,17+/m1/s1.